The van der Waals surface area contributed by atoms with E-state index in [0.29, 0.717) is 13.0 Å². The molecular formula is C17H26N2O2. The highest BCUT2D eigenvalue weighted by molar-refractivity contribution is 5.82. The van der Waals surface area contributed by atoms with Gasteiger partial charge in [0.2, 0.25) is 5.91 Å². The number of hydrogen-bond acceptors (Lipinski definition) is 3. The monoisotopic (exact) mass is 290 g/mol. The molecule has 1 heterocycles. The van der Waals surface area contributed by atoms with E-state index >= 15 is 0 Å². The van der Waals surface area contributed by atoms with Crippen molar-refractivity contribution >= 4 is 5.91 Å². The zero-order valence-electron chi connectivity index (χ0n) is 12.8. The van der Waals surface area contributed by atoms with Gasteiger partial charge in [-0.1, -0.05) is 30.3 Å². The second-order valence-corrected chi connectivity index (χ2v) is 6.17. The molecule has 4 nitrogen and oxygen atoms in total. The number of aliphatic hydroxyl groups excluding tert-OH is 1. The molecule has 0 bridgehead atoms. The molecule has 2 rings (SSSR count). The maximum atomic E-state index is 12.4. The number of benzene rings is 1. The van der Waals surface area contributed by atoms with Crippen molar-refractivity contribution in [3.63, 3.8) is 0 Å². The van der Waals surface area contributed by atoms with E-state index in [1.165, 1.54) is 5.56 Å². The quantitative estimate of drug-likeness (QED) is 0.747. The maximum Gasteiger partial charge on any atom is 0.227 e. The van der Waals surface area contributed by atoms with E-state index in [1.807, 2.05) is 25.1 Å². The molecule has 1 aromatic carbocycles. The summed E-state index contributed by atoms with van der Waals surface area (Å²) in [5.41, 5.74) is 0.859. The summed E-state index contributed by atoms with van der Waals surface area (Å²) in [6.45, 7) is 4.49. The van der Waals surface area contributed by atoms with Gasteiger partial charge in [0.25, 0.3) is 0 Å². The van der Waals surface area contributed by atoms with Gasteiger partial charge in [-0.2, -0.15) is 0 Å². The van der Waals surface area contributed by atoms with Gasteiger partial charge in [-0.3, -0.25) is 4.79 Å². The number of amides is 1. The lowest BCUT2D eigenvalue weighted by Gasteiger charge is -2.33. The van der Waals surface area contributed by atoms with Gasteiger partial charge in [0, 0.05) is 25.6 Å². The van der Waals surface area contributed by atoms with Gasteiger partial charge >= 0.3 is 0 Å². The number of rotatable bonds is 6. The molecule has 0 spiro atoms. The van der Waals surface area contributed by atoms with Gasteiger partial charge < -0.3 is 15.7 Å². The molecule has 1 aromatic rings. The highest BCUT2D eigenvalue weighted by atomic mass is 16.3. The van der Waals surface area contributed by atoms with Crippen LogP contribution < -0.4 is 10.6 Å². The van der Waals surface area contributed by atoms with Crippen molar-refractivity contribution in [3.8, 4) is 0 Å². The van der Waals surface area contributed by atoms with Crippen LogP contribution in [-0.4, -0.2) is 37.3 Å². The molecule has 1 aliphatic heterocycles. The molecule has 21 heavy (non-hydrogen) atoms. The highest BCUT2D eigenvalue weighted by Crippen LogP contribution is 2.26. The van der Waals surface area contributed by atoms with Gasteiger partial charge in [0.15, 0.2) is 0 Å². The Morgan fingerprint density at radius 1 is 1.43 bits per heavy atom. The van der Waals surface area contributed by atoms with E-state index in [1.54, 1.807) is 0 Å². The number of nitrogens with one attached hydrogen (secondary N) is 2. The van der Waals surface area contributed by atoms with Crippen molar-refractivity contribution in [1.29, 1.82) is 0 Å². The fraction of sp³-hybridized carbons (Fsp3) is 0.588. The smallest absolute Gasteiger partial charge is 0.227 e. The molecule has 0 saturated carbocycles. The van der Waals surface area contributed by atoms with Crippen LogP contribution in [0.15, 0.2) is 30.3 Å². The number of piperidine rings is 1. The molecule has 4 heteroatoms. The second-order valence-electron chi connectivity index (χ2n) is 6.17. The predicted molar refractivity (Wildman–Crippen MR) is 84.1 cm³/mol. The molecule has 0 aromatic heterocycles. The first-order chi connectivity index (χ1) is 10.2. The van der Waals surface area contributed by atoms with Crippen molar-refractivity contribution < 1.29 is 9.90 Å². The Morgan fingerprint density at radius 3 is 2.81 bits per heavy atom. The summed E-state index contributed by atoms with van der Waals surface area (Å²) < 4.78 is 0. The zero-order valence-corrected chi connectivity index (χ0v) is 12.8. The first-order valence-electron chi connectivity index (χ1n) is 7.80. The van der Waals surface area contributed by atoms with Crippen LogP contribution in [0.3, 0.4) is 0 Å². The highest BCUT2D eigenvalue weighted by Gasteiger charge is 2.34. The lowest BCUT2D eigenvalue weighted by molar-refractivity contribution is -0.131. The van der Waals surface area contributed by atoms with Crippen LogP contribution in [0.5, 0.6) is 0 Å². The van der Waals surface area contributed by atoms with E-state index in [-0.39, 0.29) is 23.8 Å². The summed E-state index contributed by atoms with van der Waals surface area (Å²) in [6.07, 6.45) is 2.64. The van der Waals surface area contributed by atoms with Crippen LogP contribution in [0.25, 0.3) is 0 Å². The average molecular weight is 290 g/mol. The average Bonchev–Trinajstić information content (AvgIpc) is 2.52. The molecule has 116 valence electrons. The predicted octanol–water partition coefficient (Wildman–Crippen LogP) is 1.66. The Labute approximate surface area is 126 Å². The van der Waals surface area contributed by atoms with Crippen LogP contribution >= 0.6 is 0 Å². The molecule has 0 aliphatic carbocycles. The largest absolute Gasteiger partial charge is 0.396 e. The zero-order chi connectivity index (χ0) is 15.1. The molecule has 1 amide bonds. The van der Waals surface area contributed by atoms with Crippen molar-refractivity contribution in [3.05, 3.63) is 35.9 Å². The topological polar surface area (TPSA) is 61.4 Å². The molecule has 0 radical (unpaired) electrons. The number of hydrogen-bond donors (Lipinski definition) is 3. The summed E-state index contributed by atoms with van der Waals surface area (Å²) in [4.78, 5) is 12.4. The van der Waals surface area contributed by atoms with E-state index < -0.39 is 0 Å². The van der Waals surface area contributed by atoms with E-state index in [2.05, 4.69) is 22.8 Å². The molecule has 2 atom stereocenters. The fourth-order valence-electron chi connectivity index (χ4n) is 2.95. The lowest BCUT2D eigenvalue weighted by Crippen LogP contribution is -2.49. The third-order valence-electron chi connectivity index (χ3n) is 4.40. The molecule has 1 fully saturated rings. The summed E-state index contributed by atoms with van der Waals surface area (Å²) in [6, 6.07) is 10.1. The van der Waals surface area contributed by atoms with Crippen molar-refractivity contribution in [2.24, 2.45) is 5.41 Å². The van der Waals surface area contributed by atoms with Gasteiger partial charge in [0.05, 0.1) is 5.41 Å². The van der Waals surface area contributed by atoms with Crippen LogP contribution in [0.1, 0.15) is 37.7 Å². The van der Waals surface area contributed by atoms with Crippen molar-refractivity contribution in [1.82, 2.24) is 10.6 Å². The Hall–Kier alpha value is -1.39. The normalized spacial score (nSPS) is 23.5. The summed E-state index contributed by atoms with van der Waals surface area (Å²) >= 11 is 0. The third-order valence-corrected chi connectivity index (χ3v) is 4.40. The Kier molecular flexibility index (Phi) is 5.76. The van der Waals surface area contributed by atoms with Gasteiger partial charge in [0.1, 0.15) is 0 Å². The lowest BCUT2D eigenvalue weighted by atomic mass is 9.81. The van der Waals surface area contributed by atoms with Crippen LogP contribution in [-0.2, 0) is 4.79 Å². The van der Waals surface area contributed by atoms with Crippen molar-refractivity contribution in [2.75, 3.05) is 26.2 Å². The summed E-state index contributed by atoms with van der Waals surface area (Å²) in [5.74, 6) is 0.286. The Morgan fingerprint density at radius 2 is 2.19 bits per heavy atom. The van der Waals surface area contributed by atoms with Gasteiger partial charge in [-0.15, -0.1) is 0 Å². The third kappa shape index (κ3) is 4.29. The molecular weight excluding hydrogens is 264 g/mol. The Balaban J connectivity index is 1.94. The molecule has 1 saturated heterocycles. The van der Waals surface area contributed by atoms with Crippen LogP contribution in [0.4, 0.5) is 0 Å². The molecule has 2 unspecified atom stereocenters. The number of aliphatic hydroxyl groups is 1. The summed E-state index contributed by atoms with van der Waals surface area (Å²) in [7, 11) is 0. The standard InChI is InChI=1S/C17H26N2O2/c1-17(9-5-10-18-13-17)16(21)19-12-15(8-11-20)14-6-3-2-4-7-14/h2-4,6-7,15,18,20H,5,8-13H2,1H3,(H,19,21). The summed E-state index contributed by atoms with van der Waals surface area (Å²) in [5, 5.41) is 15.6. The van der Waals surface area contributed by atoms with Crippen LogP contribution in [0, 0.1) is 5.41 Å². The minimum Gasteiger partial charge on any atom is -0.396 e. The number of carbonyl (C=O) groups is 1. The van der Waals surface area contributed by atoms with E-state index in [0.717, 1.165) is 25.9 Å². The maximum absolute atomic E-state index is 12.4. The first-order valence-corrected chi connectivity index (χ1v) is 7.80. The van der Waals surface area contributed by atoms with Crippen molar-refractivity contribution in [2.45, 2.75) is 32.1 Å². The van der Waals surface area contributed by atoms with E-state index in [4.69, 9.17) is 0 Å². The van der Waals surface area contributed by atoms with E-state index in [9.17, 15) is 9.90 Å². The molecule has 1 aliphatic rings. The number of carbonyl (C=O) groups excluding carboxylic acids is 1. The fourth-order valence-corrected chi connectivity index (χ4v) is 2.95. The van der Waals surface area contributed by atoms with Crippen LogP contribution in [0.2, 0.25) is 0 Å². The SMILES string of the molecule is CC1(C(=O)NCC(CCO)c2ccccc2)CCCNC1. The van der Waals surface area contributed by atoms with Gasteiger partial charge in [-0.05, 0) is 38.3 Å². The Bertz CT molecular complexity index is 441. The minimum atomic E-state index is -0.307. The molecule has 3 N–H and O–H groups in total. The first kappa shape index (κ1) is 16.0. The second kappa shape index (κ2) is 7.57. The minimum absolute atomic E-state index is 0.119. The van der Waals surface area contributed by atoms with Gasteiger partial charge in [-0.25, -0.2) is 0 Å².